The molecule has 3 atom stereocenters. The Morgan fingerprint density at radius 3 is 2.80 bits per heavy atom. The summed E-state index contributed by atoms with van der Waals surface area (Å²) in [7, 11) is 3.76. The molecule has 2 aromatic carbocycles. The van der Waals surface area contributed by atoms with Crippen LogP contribution in [0.15, 0.2) is 36.4 Å². The Morgan fingerprint density at radius 1 is 1.23 bits per heavy atom. The summed E-state index contributed by atoms with van der Waals surface area (Å²) in [6.45, 7) is 1.39. The third-order valence-electron chi connectivity index (χ3n) is 7.60. The van der Waals surface area contributed by atoms with E-state index in [0.29, 0.717) is 42.9 Å². The molecule has 0 spiro atoms. The summed E-state index contributed by atoms with van der Waals surface area (Å²) >= 11 is 0. The van der Waals surface area contributed by atoms with Gasteiger partial charge in [0.15, 0.2) is 11.5 Å². The maximum Gasteiger partial charge on any atom is 0.164 e. The number of ketones is 1. The van der Waals surface area contributed by atoms with Crippen molar-refractivity contribution >= 4 is 5.78 Å². The van der Waals surface area contributed by atoms with E-state index in [1.807, 2.05) is 36.4 Å². The quantitative estimate of drug-likeness (QED) is 0.834. The number of phenolic OH excluding ortho intramolecular Hbond substituents is 1. The molecule has 5 rings (SSSR count). The highest BCUT2D eigenvalue weighted by Crippen LogP contribution is 2.60. The van der Waals surface area contributed by atoms with Crippen LogP contribution in [0, 0.1) is 5.92 Å². The van der Waals surface area contributed by atoms with E-state index in [2.05, 4.69) is 11.9 Å². The highest BCUT2D eigenvalue weighted by Gasteiger charge is 2.57. The van der Waals surface area contributed by atoms with E-state index in [1.165, 1.54) is 0 Å². The minimum atomic E-state index is -0.316. The number of hydrogen-bond acceptors (Lipinski definition) is 5. The summed E-state index contributed by atoms with van der Waals surface area (Å²) in [6, 6.07) is 12.3. The Bertz CT molecular complexity index is 973. The van der Waals surface area contributed by atoms with Gasteiger partial charge in [-0.15, -0.1) is 0 Å². The van der Waals surface area contributed by atoms with Crippen LogP contribution in [-0.2, 0) is 23.2 Å². The van der Waals surface area contributed by atoms with Crippen LogP contribution in [0.1, 0.15) is 42.4 Å². The van der Waals surface area contributed by atoms with Gasteiger partial charge >= 0.3 is 0 Å². The predicted octanol–water partition coefficient (Wildman–Crippen LogP) is 3.85. The highest BCUT2D eigenvalue weighted by molar-refractivity contribution is 5.82. The lowest BCUT2D eigenvalue weighted by Gasteiger charge is -2.58. The SMILES string of the molecule is COc1cc(OCc2ccccc2)c2c(c1O)[C@]13CCN(C)[C@H](C2)[C@@H]1CCC(=O)C3. The first-order valence-electron chi connectivity index (χ1n) is 10.9. The standard InChI is InChI=1S/C25H29NO4/c1-26-11-10-25-14-17(27)8-9-19(25)20(26)12-18-21(13-22(29-2)24(28)23(18)25)30-15-16-6-4-3-5-7-16/h3-7,13,19-20,28H,8-12,14-15H2,1-2H3/t19-,20+,25-/m0/s1. The number of carbonyl (C=O) groups excluding carboxylic acids is 1. The lowest BCUT2D eigenvalue weighted by atomic mass is 9.52. The second-order valence-corrected chi connectivity index (χ2v) is 9.07. The molecule has 5 nitrogen and oxygen atoms in total. The number of nitrogens with zero attached hydrogens (tertiary/aromatic N) is 1. The molecular weight excluding hydrogens is 378 g/mol. The molecule has 0 unspecified atom stereocenters. The molecule has 2 aliphatic carbocycles. The van der Waals surface area contributed by atoms with Crippen molar-refractivity contribution in [1.29, 1.82) is 0 Å². The topological polar surface area (TPSA) is 59.0 Å². The number of carbonyl (C=O) groups is 1. The van der Waals surface area contributed by atoms with E-state index in [9.17, 15) is 9.90 Å². The van der Waals surface area contributed by atoms with Gasteiger partial charge in [-0.05, 0) is 44.3 Å². The molecule has 1 saturated carbocycles. The predicted molar refractivity (Wildman–Crippen MR) is 114 cm³/mol. The van der Waals surface area contributed by atoms with Crippen molar-refractivity contribution in [2.75, 3.05) is 20.7 Å². The Labute approximate surface area is 177 Å². The Hall–Kier alpha value is -2.53. The number of methoxy groups -OCH3 is 1. The van der Waals surface area contributed by atoms with Crippen molar-refractivity contribution in [2.45, 2.75) is 50.2 Å². The molecule has 1 saturated heterocycles. The molecule has 2 fully saturated rings. The number of ether oxygens (including phenoxy) is 2. The van der Waals surface area contributed by atoms with Crippen LogP contribution in [0.3, 0.4) is 0 Å². The van der Waals surface area contributed by atoms with E-state index in [1.54, 1.807) is 7.11 Å². The fourth-order valence-electron chi connectivity index (χ4n) is 6.18. The van der Waals surface area contributed by atoms with Gasteiger partial charge in [0.25, 0.3) is 0 Å². The molecule has 1 heterocycles. The molecule has 2 aromatic rings. The monoisotopic (exact) mass is 407 g/mol. The average molecular weight is 408 g/mol. The largest absolute Gasteiger partial charge is 0.504 e. The molecule has 5 heteroatoms. The number of likely N-dealkylation sites (N-methyl/N-ethyl adjacent to an activating group) is 1. The van der Waals surface area contributed by atoms with Crippen LogP contribution < -0.4 is 9.47 Å². The Morgan fingerprint density at radius 2 is 2.03 bits per heavy atom. The Balaban J connectivity index is 1.64. The summed E-state index contributed by atoms with van der Waals surface area (Å²) in [6.07, 6.45) is 3.75. The zero-order chi connectivity index (χ0) is 20.9. The second kappa shape index (κ2) is 7.31. The third kappa shape index (κ3) is 2.90. The van der Waals surface area contributed by atoms with Crippen LogP contribution >= 0.6 is 0 Å². The van der Waals surface area contributed by atoms with Crippen LogP contribution in [-0.4, -0.2) is 42.5 Å². The second-order valence-electron chi connectivity index (χ2n) is 9.07. The molecule has 158 valence electrons. The fraction of sp³-hybridized carbons (Fsp3) is 0.480. The van der Waals surface area contributed by atoms with Crippen molar-refractivity contribution in [2.24, 2.45) is 5.92 Å². The number of benzene rings is 2. The Kier molecular flexibility index (Phi) is 4.73. The van der Waals surface area contributed by atoms with Gasteiger partial charge in [-0.25, -0.2) is 0 Å². The van der Waals surface area contributed by atoms with Gasteiger partial charge in [0.05, 0.1) is 7.11 Å². The maximum absolute atomic E-state index is 12.6. The van der Waals surface area contributed by atoms with Gasteiger partial charge in [0.2, 0.25) is 0 Å². The highest BCUT2D eigenvalue weighted by atomic mass is 16.5. The van der Waals surface area contributed by atoms with Crippen LogP contribution in [0.2, 0.25) is 0 Å². The molecule has 0 aromatic heterocycles. The van der Waals surface area contributed by atoms with Crippen LogP contribution in [0.5, 0.6) is 17.2 Å². The minimum absolute atomic E-state index is 0.197. The normalized spacial score (nSPS) is 27.9. The first-order valence-corrected chi connectivity index (χ1v) is 10.9. The molecule has 0 amide bonds. The molecular formula is C25H29NO4. The van der Waals surface area contributed by atoms with Crippen LogP contribution in [0.4, 0.5) is 0 Å². The smallest absolute Gasteiger partial charge is 0.164 e. The molecule has 1 N–H and O–H groups in total. The maximum atomic E-state index is 12.6. The fourth-order valence-corrected chi connectivity index (χ4v) is 6.18. The molecule has 1 aliphatic heterocycles. The van der Waals surface area contributed by atoms with Crippen molar-refractivity contribution in [3.8, 4) is 17.2 Å². The lowest BCUT2D eigenvalue weighted by Crippen LogP contribution is -2.61. The number of likely N-dealkylation sites (tertiary alicyclic amines) is 1. The van der Waals surface area contributed by atoms with Gasteiger partial charge in [0, 0.05) is 41.5 Å². The van der Waals surface area contributed by atoms with E-state index >= 15 is 0 Å². The first kappa shape index (κ1) is 19.4. The third-order valence-corrected chi connectivity index (χ3v) is 7.60. The van der Waals surface area contributed by atoms with Crippen molar-refractivity contribution in [3.05, 3.63) is 53.1 Å². The molecule has 3 aliphatic rings. The zero-order valence-corrected chi connectivity index (χ0v) is 17.7. The number of rotatable bonds is 4. The number of hydrogen-bond donors (Lipinski definition) is 1. The lowest BCUT2D eigenvalue weighted by molar-refractivity contribution is -0.127. The molecule has 30 heavy (non-hydrogen) atoms. The van der Waals surface area contributed by atoms with E-state index in [4.69, 9.17) is 9.47 Å². The summed E-state index contributed by atoms with van der Waals surface area (Å²) in [4.78, 5) is 15.0. The van der Waals surface area contributed by atoms with E-state index < -0.39 is 0 Å². The van der Waals surface area contributed by atoms with Gasteiger partial charge in [-0.2, -0.15) is 0 Å². The summed E-state index contributed by atoms with van der Waals surface area (Å²) in [5.41, 5.74) is 2.73. The van der Waals surface area contributed by atoms with Crippen molar-refractivity contribution in [1.82, 2.24) is 4.90 Å². The minimum Gasteiger partial charge on any atom is -0.504 e. The summed E-state index contributed by atoms with van der Waals surface area (Å²) in [5, 5.41) is 11.2. The number of Topliss-reactive ketones (excluding diaryl/α,β-unsaturated/α-hetero) is 1. The number of piperidine rings is 1. The zero-order valence-electron chi connectivity index (χ0n) is 17.7. The van der Waals surface area contributed by atoms with Gasteiger partial charge in [0.1, 0.15) is 18.1 Å². The average Bonchev–Trinajstić information content (AvgIpc) is 2.76. The summed E-state index contributed by atoms with van der Waals surface area (Å²) in [5.74, 6) is 2.07. The number of aromatic hydroxyl groups is 1. The number of phenols is 1. The number of fused-ring (bicyclic) bond motifs is 1. The van der Waals surface area contributed by atoms with Gasteiger partial charge in [-0.1, -0.05) is 30.3 Å². The molecule has 2 bridgehead atoms. The first-order chi connectivity index (χ1) is 14.5. The van der Waals surface area contributed by atoms with Crippen molar-refractivity contribution in [3.63, 3.8) is 0 Å². The van der Waals surface area contributed by atoms with Crippen molar-refractivity contribution < 1.29 is 19.4 Å². The van der Waals surface area contributed by atoms with E-state index in [0.717, 1.165) is 48.2 Å². The van der Waals surface area contributed by atoms with E-state index in [-0.39, 0.29) is 11.2 Å². The van der Waals surface area contributed by atoms with Gasteiger partial charge < -0.3 is 19.5 Å². The summed E-state index contributed by atoms with van der Waals surface area (Å²) < 4.78 is 11.8. The molecule has 0 radical (unpaired) electrons. The van der Waals surface area contributed by atoms with Gasteiger partial charge in [-0.3, -0.25) is 4.79 Å². The van der Waals surface area contributed by atoms with Crippen LogP contribution in [0.25, 0.3) is 0 Å².